The minimum atomic E-state index is 0.756. The van der Waals surface area contributed by atoms with Gasteiger partial charge in [0, 0.05) is 13.0 Å². The molecule has 1 aliphatic heterocycles. The van der Waals surface area contributed by atoms with Crippen LogP contribution in [-0.4, -0.2) is 34.5 Å². The number of benzene rings is 1. The second kappa shape index (κ2) is 4.37. The Morgan fingerprint density at radius 2 is 2.12 bits per heavy atom. The van der Waals surface area contributed by atoms with E-state index >= 15 is 0 Å². The molecule has 4 nitrogen and oxygen atoms in total. The molecule has 0 unspecified atom stereocenters. The summed E-state index contributed by atoms with van der Waals surface area (Å²) >= 11 is 0. The van der Waals surface area contributed by atoms with E-state index in [4.69, 9.17) is 5.73 Å². The zero-order chi connectivity index (χ0) is 11.7. The molecule has 0 aliphatic carbocycles. The summed E-state index contributed by atoms with van der Waals surface area (Å²) in [5.41, 5.74) is 8.60. The van der Waals surface area contributed by atoms with Crippen LogP contribution in [0.1, 0.15) is 18.7 Å². The van der Waals surface area contributed by atoms with Gasteiger partial charge in [-0.3, -0.25) is 0 Å². The number of anilines is 1. The predicted octanol–water partition coefficient (Wildman–Crippen LogP) is 1.78. The zero-order valence-corrected chi connectivity index (χ0v) is 9.95. The molecule has 0 radical (unpaired) electrons. The standard InChI is InChI=1S/C13H18N4/c14-10-4-3-5-11-13(10)16-12(15-11)6-9-17-7-1-2-8-17/h3-5H,1-2,6-9,14H2,(H,15,16). The van der Waals surface area contributed by atoms with E-state index in [1.807, 2.05) is 18.2 Å². The molecule has 1 saturated heterocycles. The average molecular weight is 230 g/mol. The van der Waals surface area contributed by atoms with Crippen LogP contribution in [0.2, 0.25) is 0 Å². The molecule has 17 heavy (non-hydrogen) atoms. The van der Waals surface area contributed by atoms with E-state index in [9.17, 15) is 0 Å². The van der Waals surface area contributed by atoms with Crippen molar-refractivity contribution in [1.29, 1.82) is 0 Å². The lowest BCUT2D eigenvalue weighted by molar-refractivity contribution is 0.341. The van der Waals surface area contributed by atoms with E-state index in [-0.39, 0.29) is 0 Å². The topological polar surface area (TPSA) is 57.9 Å². The monoisotopic (exact) mass is 230 g/mol. The van der Waals surface area contributed by atoms with Crippen molar-refractivity contribution in [1.82, 2.24) is 14.9 Å². The molecule has 90 valence electrons. The molecule has 3 rings (SSSR count). The number of aromatic nitrogens is 2. The smallest absolute Gasteiger partial charge is 0.111 e. The molecule has 4 heteroatoms. The summed E-state index contributed by atoms with van der Waals surface area (Å²) < 4.78 is 0. The zero-order valence-electron chi connectivity index (χ0n) is 9.95. The number of imidazole rings is 1. The SMILES string of the molecule is Nc1cccc2[nH]c(CCN3CCCC3)nc12. The quantitative estimate of drug-likeness (QED) is 0.790. The van der Waals surface area contributed by atoms with Gasteiger partial charge in [-0.2, -0.15) is 0 Å². The molecule has 0 saturated carbocycles. The highest BCUT2D eigenvalue weighted by Crippen LogP contribution is 2.18. The normalized spacial score (nSPS) is 16.9. The van der Waals surface area contributed by atoms with E-state index in [1.54, 1.807) is 0 Å². The van der Waals surface area contributed by atoms with Crippen LogP contribution in [0, 0.1) is 0 Å². The van der Waals surface area contributed by atoms with Gasteiger partial charge in [0.1, 0.15) is 11.3 Å². The molecule has 0 bridgehead atoms. The number of hydrogen-bond donors (Lipinski definition) is 2. The first-order chi connectivity index (χ1) is 8.33. The fourth-order valence-electron chi connectivity index (χ4n) is 2.49. The number of nitrogens with two attached hydrogens (primary N) is 1. The Morgan fingerprint density at radius 1 is 1.29 bits per heavy atom. The Labute approximate surface area is 101 Å². The number of nitrogen functional groups attached to an aromatic ring is 1. The summed E-state index contributed by atoms with van der Waals surface area (Å²) in [6.45, 7) is 3.57. The van der Waals surface area contributed by atoms with Crippen molar-refractivity contribution in [3.63, 3.8) is 0 Å². The number of fused-ring (bicyclic) bond motifs is 1. The van der Waals surface area contributed by atoms with Gasteiger partial charge in [-0.1, -0.05) is 6.07 Å². The number of H-pyrrole nitrogens is 1. The van der Waals surface area contributed by atoms with Gasteiger partial charge < -0.3 is 15.6 Å². The molecule has 1 aromatic carbocycles. The molecule has 3 N–H and O–H groups in total. The fraction of sp³-hybridized carbons (Fsp3) is 0.462. The van der Waals surface area contributed by atoms with E-state index in [1.165, 1.54) is 25.9 Å². The summed E-state index contributed by atoms with van der Waals surface area (Å²) in [5, 5.41) is 0. The molecular weight excluding hydrogens is 212 g/mol. The Balaban J connectivity index is 1.74. The molecular formula is C13H18N4. The van der Waals surface area contributed by atoms with Crippen LogP contribution >= 0.6 is 0 Å². The Hall–Kier alpha value is -1.55. The highest BCUT2D eigenvalue weighted by Gasteiger charge is 2.12. The molecule has 1 aliphatic rings. The molecule has 2 aromatic rings. The Kier molecular flexibility index (Phi) is 2.73. The molecule has 0 spiro atoms. The van der Waals surface area contributed by atoms with Crippen molar-refractivity contribution in [2.24, 2.45) is 0 Å². The first-order valence-corrected chi connectivity index (χ1v) is 6.28. The fourth-order valence-corrected chi connectivity index (χ4v) is 2.49. The van der Waals surface area contributed by atoms with Gasteiger partial charge in [0.25, 0.3) is 0 Å². The Morgan fingerprint density at radius 3 is 2.88 bits per heavy atom. The third-order valence-corrected chi connectivity index (χ3v) is 3.46. The second-order valence-electron chi connectivity index (χ2n) is 4.73. The first kappa shape index (κ1) is 10.6. The lowest BCUT2D eigenvalue weighted by Crippen LogP contribution is -2.22. The van der Waals surface area contributed by atoms with E-state index in [0.29, 0.717) is 0 Å². The maximum atomic E-state index is 5.89. The maximum absolute atomic E-state index is 5.89. The predicted molar refractivity (Wildman–Crippen MR) is 69.9 cm³/mol. The third-order valence-electron chi connectivity index (χ3n) is 3.46. The number of para-hydroxylation sites is 1. The minimum Gasteiger partial charge on any atom is -0.397 e. The third kappa shape index (κ3) is 2.13. The summed E-state index contributed by atoms with van der Waals surface area (Å²) in [5.74, 6) is 1.05. The lowest BCUT2D eigenvalue weighted by Gasteiger charge is -2.12. The number of likely N-dealkylation sites (tertiary alicyclic amines) is 1. The van der Waals surface area contributed by atoms with E-state index in [0.717, 1.165) is 35.5 Å². The summed E-state index contributed by atoms with van der Waals surface area (Å²) in [6, 6.07) is 5.88. The Bertz CT molecular complexity index is 511. The molecule has 0 amide bonds. The minimum absolute atomic E-state index is 0.756. The van der Waals surface area contributed by atoms with Crippen molar-refractivity contribution in [2.75, 3.05) is 25.4 Å². The van der Waals surface area contributed by atoms with Crippen LogP contribution in [-0.2, 0) is 6.42 Å². The van der Waals surface area contributed by atoms with Gasteiger partial charge in [-0.25, -0.2) is 4.98 Å². The van der Waals surface area contributed by atoms with Crippen LogP contribution < -0.4 is 5.73 Å². The van der Waals surface area contributed by atoms with Crippen molar-refractivity contribution < 1.29 is 0 Å². The van der Waals surface area contributed by atoms with Crippen molar-refractivity contribution in [2.45, 2.75) is 19.3 Å². The average Bonchev–Trinajstić information content (AvgIpc) is 2.95. The number of rotatable bonds is 3. The van der Waals surface area contributed by atoms with Gasteiger partial charge in [0.05, 0.1) is 11.2 Å². The molecule has 2 heterocycles. The van der Waals surface area contributed by atoms with Gasteiger partial charge in [0.2, 0.25) is 0 Å². The summed E-state index contributed by atoms with van der Waals surface area (Å²) in [6.07, 6.45) is 3.66. The maximum Gasteiger partial charge on any atom is 0.111 e. The van der Waals surface area contributed by atoms with Crippen LogP contribution in [0.15, 0.2) is 18.2 Å². The van der Waals surface area contributed by atoms with Gasteiger partial charge in [-0.15, -0.1) is 0 Å². The van der Waals surface area contributed by atoms with Crippen molar-refractivity contribution in [3.05, 3.63) is 24.0 Å². The van der Waals surface area contributed by atoms with Crippen molar-refractivity contribution in [3.8, 4) is 0 Å². The summed E-state index contributed by atoms with van der Waals surface area (Å²) in [4.78, 5) is 10.4. The largest absolute Gasteiger partial charge is 0.397 e. The number of hydrogen-bond acceptors (Lipinski definition) is 3. The molecule has 0 atom stereocenters. The molecule has 1 fully saturated rings. The van der Waals surface area contributed by atoms with Crippen LogP contribution in [0.3, 0.4) is 0 Å². The first-order valence-electron chi connectivity index (χ1n) is 6.28. The van der Waals surface area contributed by atoms with Crippen LogP contribution in [0.5, 0.6) is 0 Å². The second-order valence-corrected chi connectivity index (χ2v) is 4.73. The van der Waals surface area contributed by atoms with Gasteiger partial charge in [-0.05, 0) is 38.1 Å². The van der Waals surface area contributed by atoms with E-state index in [2.05, 4.69) is 14.9 Å². The van der Waals surface area contributed by atoms with E-state index < -0.39 is 0 Å². The van der Waals surface area contributed by atoms with Crippen LogP contribution in [0.25, 0.3) is 11.0 Å². The number of nitrogens with one attached hydrogen (secondary N) is 1. The molecule has 1 aromatic heterocycles. The number of nitrogens with zero attached hydrogens (tertiary/aromatic N) is 2. The highest BCUT2D eigenvalue weighted by molar-refractivity contribution is 5.86. The van der Waals surface area contributed by atoms with Crippen LogP contribution in [0.4, 0.5) is 5.69 Å². The summed E-state index contributed by atoms with van der Waals surface area (Å²) in [7, 11) is 0. The highest BCUT2D eigenvalue weighted by atomic mass is 15.1. The van der Waals surface area contributed by atoms with Gasteiger partial charge in [0.15, 0.2) is 0 Å². The van der Waals surface area contributed by atoms with Crippen molar-refractivity contribution >= 4 is 16.7 Å². The van der Waals surface area contributed by atoms with Gasteiger partial charge >= 0.3 is 0 Å². The number of aromatic amines is 1. The lowest BCUT2D eigenvalue weighted by atomic mass is 10.3.